The number of methoxy groups -OCH3 is 1. The standard InChI is InChI=1S/C37H49FN2O4/c1-22(2)21-40(36(42)44-37(7,8)9)32-20-28(19-31(38)35(32)41)34-30-17-18-39(25(6)29(30)15-16-33(34)43-10)24(5)27-13-11-26(12-14-27)23(3)4/h11-16,19-20,22-25,41H,17-18,21H2,1-10H3. The molecule has 3 aromatic carbocycles. The van der Waals surface area contributed by atoms with E-state index in [-0.39, 0.29) is 30.2 Å². The molecule has 238 valence electrons. The second-order valence-corrected chi connectivity index (χ2v) is 13.7. The van der Waals surface area contributed by atoms with Crippen LogP contribution in [0.5, 0.6) is 11.5 Å². The molecule has 3 aromatic rings. The smallest absolute Gasteiger partial charge is 0.414 e. The van der Waals surface area contributed by atoms with Gasteiger partial charge in [-0.05, 0) is 98.9 Å². The van der Waals surface area contributed by atoms with Crippen LogP contribution >= 0.6 is 0 Å². The fraction of sp³-hybridized carbons (Fsp3) is 0.486. The van der Waals surface area contributed by atoms with E-state index in [0.717, 1.165) is 29.7 Å². The number of hydrogen-bond acceptors (Lipinski definition) is 5. The van der Waals surface area contributed by atoms with Crippen LogP contribution in [0, 0.1) is 11.7 Å². The van der Waals surface area contributed by atoms with Crippen LogP contribution in [-0.2, 0) is 11.2 Å². The van der Waals surface area contributed by atoms with E-state index >= 15 is 4.39 Å². The normalized spacial score (nSPS) is 16.2. The SMILES string of the molecule is COc1ccc2c(c1-c1cc(F)c(O)c(N(CC(C)C)C(=O)OC(C)(C)C)c1)CCN(C(C)c1ccc(C(C)C)cc1)C2C. The average molecular weight is 605 g/mol. The van der Waals surface area contributed by atoms with Crippen LogP contribution in [0.15, 0.2) is 48.5 Å². The van der Waals surface area contributed by atoms with Crippen molar-refractivity contribution in [3.05, 3.63) is 76.6 Å². The Balaban J connectivity index is 1.78. The summed E-state index contributed by atoms with van der Waals surface area (Å²) in [7, 11) is 1.61. The second kappa shape index (κ2) is 13.2. The Morgan fingerprint density at radius 2 is 1.68 bits per heavy atom. The van der Waals surface area contributed by atoms with Crippen LogP contribution in [0.1, 0.15) is 103 Å². The predicted molar refractivity (Wildman–Crippen MR) is 176 cm³/mol. The molecule has 1 heterocycles. The van der Waals surface area contributed by atoms with Crippen LogP contribution in [0.2, 0.25) is 0 Å². The molecule has 2 unspecified atom stereocenters. The zero-order chi connectivity index (χ0) is 32.5. The van der Waals surface area contributed by atoms with Crippen molar-refractivity contribution in [2.75, 3.05) is 25.1 Å². The van der Waals surface area contributed by atoms with E-state index in [1.165, 1.54) is 22.1 Å². The highest BCUT2D eigenvalue weighted by Crippen LogP contribution is 2.46. The molecule has 0 fully saturated rings. The average Bonchev–Trinajstić information content (AvgIpc) is 2.95. The fourth-order valence-corrected chi connectivity index (χ4v) is 6.17. The van der Waals surface area contributed by atoms with E-state index in [1.807, 2.05) is 19.9 Å². The van der Waals surface area contributed by atoms with E-state index in [0.29, 0.717) is 17.2 Å². The highest BCUT2D eigenvalue weighted by atomic mass is 19.1. The number of halogens is 1. The lowest BCUT2D eigenvalue weighted by molar-refractivity contribution is 0.0575. The minimum absolute atomic E-state index is 0.0445. The Morgan fingerprint density at radius 3 is 2.25 bits per heavy atom. The first-order valence-corrected chi connectivity index (χ1v) is 15.7. The molecule has 7 heteroatoms. The van der Waals surface area contributed by atoms with E-state index in [4.69, 9.17) is 9.47 Å². The second-order valence-electron chi connectivity index (χ2n) is 13.7. The molecule has 2 atom stereocenters. The molecule has 0 radical (unpaired) electrons. The summed E-state index contributed by atoms with van der Waals surface area (Å²) in [6, 6.07) is 16.3. The predicted octanol–water partition coefficient (Wildman–Crippen LogP) is 9.41. The number of ether oxygens (including phenoxy) is 2. The topological polar surface area (TPSA) is 62.2 Å². The number of phenolic OH excluding ortho intramolecular Hbond substituents is 1. The van der Waals surface area contributed by atoms with Gasteiger partial charge in [0, 0.05) is 30.7 Å². The van der Waals surface area contributed by atoms with Gasteiger partial charge in [0.2, 0.25) is 0 Å². The van der Waals surface area contributed by atoms with Crippen LogP contribution in [-0.4, -0.2) is 41.9 Å². The first kappa shape index (κ1) is 33.3. The van der Waals surface area contributed by atoms with Gasteiger partial charge in [0.15, 0.2) is 11.6 Å². The number of anilines is 1. The first-order chi connectivity index (χ1) is 20.6. The minimum atomic E-state index is -0.807. The van der Waals surface area contributed by atoms with Gasteiger partial charge in [-0.15, -0.1) is 0 Å². The zero-order valence-corrected chi connectivity index (χ0v) is 28.0. The molecule has 0 bridgehead atoms. The van der Waals surface area contributed by atoms with Crippen molar-refractivity contribution >= 4 is 11.8 Å². The van der Waals surface area contributed by atoms with Gasteiger partial charge >= 0.3 is 6.09 Å². The third kappa shape index (κ3) is 7.04. The molecule has 0 aliphatic carbocycles. The van der Waals surface area contributed by atoms with Gasteiger partial charge in [-0.3, -0.25) is 9.80 Å². The minimum Gasteiger partial charge on any atom is -0.503 e. The maximum Gasteiger partial charge on any atom is 0.414 e. The molecule has 1 aliphatic heterocycles. The lowest BCUT2D eigenvalue weighted by Gasteiger charge is -2.40. The highest BCUT2D eigenvalue weighted by molar-refractivity contribution is 5.92. The van der Waals surface area contributed by atoms with Gasteiger partial charge in [0.05, 0.1) is 12.8 Å². The summed E-state index contributed by atoms with van der Waals surface area (Å²) in [5, 5.41) is 10.9. The van der Waals surface area contributed by atoms with Crippen molar-refractivity contribution in [3.63, 3.8) is 0 Å². The number of carbonyl (C=O) groups is 1. The van der Waals surface area contributed by atoms with E-state index in [1.54, 1.807) is 33.9 Å². The molecule has 1 N–H and O–H groups in total. The van der Waals surface area contributed by atoms with E-state index in [9.17, 15) is 9.90 Å². The Hall–Kier alpha value is -3.58. The number of aromatic hydroxyl groups is 1. The highest BCUT2D eigenvalue weighted by Gasteiger charge is 2.33. The third-order valence-electron chi connectivity index (χ3n) is 8.47. The van der Waals surface area contributed by atoms with Crippen molar-refractivity contribution < 1.29 is 23.8 Å². The maximum absolute atomic E-state index is 15.5. The molecule has 0 spiro atoms. The summed E-state index contributed by atoms with van der Waals surface area (Å²) in [5.41, 5.74) is 5.48. The number of hydrogen-bond donors (Lipinski definition) is 1. The Labute approximate surface area is 262 Å². The van der Waals surface area contributed by atoms with Crippen LogP contribution in [0.3, 0.4) is 0 Å². The summed E-state index contributed by atoms with van der Waals surface area (Å²) >= 11 is 0. The van der Waals surface area contributed by atoms with E-state index in [2.05, 4.69) is 62.9 Å². The molecule has 1 amide bonds. The Bertz CT molecular complexity index is 1480. The third-order valence-corrected chi connectivity index (χ3v) is 8.47. The molecule has 0 aromatic heterocycles. The molecule has 44 heavy (non-hydrogen) atoms. The number of benzene rings is 3. The Morgan fingerprint density at radius 1 is 1.05 bits per heavy atom. The largest absolute Gasteiger partial charge is 0.503 e. The fourth-order valence-electron chi connectivity index (χ4n) is 6.17. The van der Waals surface area contributed by atoms with Crippen molar-refractivity contribution in [2.45, 2.75) is 92.3 Å². The van der Waals surface area contributed by atoms with Crippen LogP contribution in [0.4, 0.5) is 14.9 Å². The Kier molecular flexibility index (Phi) is 9.99. The summed E-state index contributed by atoms with van der Waals surface area (Å²) < 4.78 is 27.0. The van der Waals surface area contributed by atoms with E-state index < -0.39 is 23.3 Å². The first-order valence-electron chi connectivity index (χ1n) is 15.7. The van der Waals surface area contributed by atoms with Gasteiger partial charge in [0.25, 0.3) is 0 Å². The van der Waals surface area contributed by atoms with Crippen LogP contribution in [0.25, 0.3) is 11.1 Å². The van der Waals surface area contributed by atoms with Gasteiger partial charge < -0.3 is 14.6 Å². The number of rotatable bonds is 8. The summed E-state index contributed by atoms with van der Waals surface area (Å²) in [4.78, 5) is 17.1. The molecule has 0 saturated heterocycles. The number of phenols is 1. The van der Waals surface area contributed by atoms with Crippen molar-refractivity contribution in [1.82, 2.24) is 4.90 Å². The van der Waals surface area contributed by atoms with Crippen LogP contribution < -0.4 is 9.64 Å². The lowest BCUT2D eigenvalue weighted by Crippen LogP contribution is -2.39. The zero-order valence-electron chi connectivity index (χ0n) is 28.0. The molecule has 6 nitrogen and oxygen atoms in total. The molecule has 1 aliphatic rings. The number of nitrogens with zero attached hydrogens (tertiary/aromatic N) is 2. The number of amides is 1. The van der Waals surface area contributed by atoms with Gasteiger partial charge in [-0.2, -0.15) is 0 Å². The molecular formula is C37H49FN2O4. The lowest BCUT2D eigenvalue weighted by atomic mass is 9.85. The van der Waals surface area contributed by atoms with Crippen molar-refractivity contribution in [1.29, 1.82) is 0 Å². The summed E-state index contributed by atoms with van der Waals surface area (Å²) in [5.74, 6) is -0.242. The molecule has 4 rings (SSSR count). The van der Waals surface area contributed by atoms with Gasteiger partial charge in [0.1, 0.15) is 11.4 Å². The summed E-state index contributed by atoms with van der Waals surface area (Å²) in [6.45, 7) is 19.2. The molecular weight excluding hydrogens is 555 g/mol. The van der Waals surface area contributed by atoms with Crippen molar-refractivity contribution in [3.8, 4) is 22.6 Å². The van der Waals surface area contributed by atoms with Gasteiger partial charge in [-0.25, -0.2) is 9.18 Å². The number of carbonyl (C=O) groups excluding carboxylic acids is 1. The maximum atomic E-state index is 15.5. The van der Waals surface area contributed by atoms with Crippen molar-refractivity contribution in [2.24, 2.45) is 5.92 Å². The monoisotopic (exact) mass is 604 g/mol. The van der Waals surface area contributed by atoms with Gasteiger partial charge in [-0.1, -0.05) is 58.0 Å². The number of fused-ring (bicyclic) bond motifs is 1. The summed E-state index contributed by atoms with van der Waals surface area (Å²) in [6.07, 6.45) is 0.0972. The molecule has 0 saturated carbocycles. The quantitative estimate of drug-likeness (QED) is 0.278.